The third kappa shape index (κ3) is 27.7. The molecule has 0 unspecified atom stereocenters. The molecule has 0 radical (unpaired) electrons. The van der Waals surface area contributed by atoms with E-state index in [-0.39, 0.29) is 42.1 Å². The molecular formula is C58H100BrFN10O10. The molecule has 4 amide bonds. The number of piperidine rings is 4. The van der Waals surface area contributed by atoms with Gasteiger partial charge < -0.3 is 80.4 Å². The van der Waals surface area contributed by atoms with Crippen LogP contribution in [0.25, 0.3) is 11.6 Å². The fourth-order valence-electron chi connectivity index (χ4n) is 9.40. The number of amides is 4. The largest absolute Gasteiger partial charge is 0.444 e. The number of likely N-dealkylation sites (tertiary alicyclic amines) is 3. The molecule has 1 aromatic heterocycles. The van der Waals surface area contributed by atoms with Crippen LogP contribution in [-0.2, 0) is 33.2 Å². The second-order valence-corrected chi connectivity index (χ2v) is 23.5. The summed E-state index contributed by atoms with van der Waals surface area (Å²) in [6.07, 6.45) is 9.09. The van der Waals surface area contributed by atoms with Crippen molar-refractivity contribution in [3.63, 3.8) is 0 Å². The van der Waals surface area contributed by atoms with Gasteiger partial charge >= 0.3 is 12.2 Å². The van der Waals surface area contributed by atoms with E-state index in [1.165, 1.54) is 12.1 Å². The lowest BCUT2D eigenvalue weighted by Gasteiger charge is -2.32. The Kier molecular flexibility index (Phi) is 32.5. The third-order valence-corrected chi connectivity index (χ3v) is 14.1. The van der Waals surface area contributed by atoms with Crippen molar-refractivity contribution in [2.45, 2.75) is 142 Å². The van der Waals surface area contributed by atoms with Crippen LogP contribution in [0.4, 0.5) is 19.7 Å². The van der Waals surface area contributed by atoms with Crippen LogP contribution in [0.3, 0.4) is 0 Å². The Morgan fingerprint density at radius 2 is 1.12 bits per heavy atom. The van der Waals surface area contributed by atoms with Gasteiger partial charge in [-0.25, -0.2) is 14.0 Å². The van der Waals surface area contributed by atoms with Gasteiger partial charge in [-0.2, -0.15) is 0 Å². The number of nitrogens with two attached hydrogens (primary N) is 1. The number of alkyl halides is 1. The van der Waals surface area contributed by atoms with E-state index in [0.29, 0.717) is 40.7 Å². The molecule has 7 rings (SSSR count). The lowest BCUT2D eigenvalue weighted by atomic mass is 10.0. The lowest BCUT2D eigenvalue weighted by molar-refractivity contribution is -0.110. The van der Waals surface area contributed by atoms with Gasteiger partial charge in [-0.05, 0) is 163 Å². The van der Waals surface area contributed by atoms with Gasteiger partial charge in [0, 0.05) is 126 Å². The number of fused-ring (bicyclic) bond motifs is 1. The van der Waals surface area contributed by atoms with Gasteiger partial charge in [0.05, 0.1) is 37.6 Å². The summed E-state index contributed by atoms with van der Waals surface area (Å²) in [5, 5.41) is 15.9. The minimum atomic E-state index is -0.427. The van der Waals surface area contributed by atoms with Crippen molar-refractivity contribution in [3.05, 3.63) is 52.1 Å². The molecule has 0 bridgehead atoms. The Morgan fingerprint density at radius 1 is 0.688 bits per heavy atom. The molecule has 0 aliphatic carbocycles. The average molecular weight is 1200 g/mol. The van der Waals surface area contributed by atoms with E-state index in [9.17, 15) is 23.6 Å². The molecule has 6 heterocycles. The Bertz CT molecular complexity index is 2150. The molecule has 5 aliphatic rings. The maximum Gasteiger partial charge on any atom is 0.407 e. The van der Waals surface area contributed by atoms with Crippen LogP contribution in [0, 0.1) is 19.7 Å². The van der Waals surface area contributed by atoms with Crippen molar-refractivity contribution in [1.29, 1.82) is 0 Å². The molecule has 4 saturated heterocycles. The average Bonchev–Trinajstić information content (AvgIpc) is 3.89. The van der Waals surface area contributed by atoms with E-state index in [2.05, 4.69) is 66.9 Å². The monoisotopic (exact) mass is 1190 g/mol. The number of nitrogens with one attached hydrogen (secondary N) is 6. The highest BCUT2D eigenvalue weighted by Crippen LogP contribution is 2.34. The summed E-state index contributed by atoms with van der Waals surface area (Å²) in [5.41, 5.74) is 9.18. The molecule has 0 atom stereocenters. The standard InChI is InChI=1S/C24H29FN4O3.C13H26N2O3.C10H20N2O2.C8H18N2O.C3H7BrO/c1-14-21(13-19-18-12-16(25)4-5-20(18)28-23(19)30)26-15(2)22(14)24(31)27-17-6-8-29(9-7-17)10-11-32-3;1-13(2,3)18-12(16)14-11-5-7-15(8-6-11)9-10-17-4;1-10(2,3)14-9(13)12-8-4-6-11-7-5-8;1-11-7-6-10-4-2-8(9)3-5-10;1-5-3-2-4/h4-5,12-13,17,26H,6-11H2,1-3H3,(H,27,31)(H,28,30);11H,5-10H2,1-4H3,(H,14,16);8,11H,4-7H2,1-3H3,(H,12,13);8H,2-7,9H2,1H3;2-3H2,1H3/b19-13-;;;;. The van der Waals surface area contributed by atoms with E-state index in [1.54, 1.807) is 40.6 Å². The minimum absolute atomic E-state index is 0.112. The number of rotatable bonds is 16. The van der Waals surface area contributed by atoms with Gasteiger partial charge in [0.2, 0.25) is 0 Å². The van der Waals surface area contributed by atoms with Gasteiger partial charge in [-0.1, -0.05) is 15.9 Å². The van der Waals surface area contributed by atoms with Crippen molar-refractivity contribution < 1.29 is 52.0 Å². The number of methoxy groups -OCH3 is 4. The first kappa shape index (κ1) is 70.0. The number of nitrogens with zero attached hydrogens (tertiary/aromatic N) is 3. The molecule has 0 spiro atoms. The predicted octanol–water partition coefficient (Wildman–Crippen LogP) is 7.07. The molecule has 20 nitrogen and oxygen atoms in total. The molecule has 4 fully saturated rings. The van der Waals surface area contributed by atoms with E-state index in [4.69, 9.17) is 29.4 Å². The molecule has 22 heteroatoms. The second kappa shape index (κ2) is 37.1. The first-order valence-electron chi connectivity index (χ1n) is 28.5. The molecule has 456 valence electrons. The van der Waals surface area contributed by atoms with E-state index >= 15 is 0 Å². The summed E-state index contributed by atoms with van der Waals surface area (Å²) in [5.74, 6) is -0.805. The summed E-state index contributed by atoms with van der Waals surface area (Å²) in [6, 6.07) is 5.29. The summed E-state index contributed by atoms with van der Waals surface area (Å²) < 4.78 is 44.0. The molecular weight excluding hydrogens is 1100 g/mol. The fraction of sp³-hybridized carbons (Fsp3) is 0.724. The number of hydrogen-bond acceptors (Lipinski definition) is 15. The highest BCUT2D eigenvalue weighted by atomic mass is 79.9. The van der Waals surface area contributed by atoms with Crippen LogP contribution in [-0.4, -0.2) is 211 Å². The van der Waals surface area contributed by atoms with Gasteiger partial charge in [0.1, 0.15) is 17.0 Å². The zero-order valence-electron chi connectivity index (χ0n) is 50.3. The lowest BCUT2D eigenvalue weighted by Crippen LogP contribution is -2.46. The molecule has 5 aliphatic heterocycles. The van der Waals surface area contributed by atoms with Crippen molar-refractivity contribution in [1.82, 2.24) is 41.0 Å². The molecule has 80 heavy (non-hydrogen) atoms. The number of anilines is 1. The number of carbonyl (C=O) groups excluding carboxylic acids is 4. The Hall–Kier alpha value is -4.23. The number of carbonyl (C=O) groups is 4. The Morgan fingerprint density at radius 3 is 1.55 bits per heavy atom. The summed E-state index contributed by atoms with van der Waals surface area (Å²) in [7, 11) is 6.85. The van der Waals surface area contributed by atoms with Crippen LogP contribution in [0.2, 0.25) is 0 Å². The quantitative estimate of drug-likeness (QED) is 0.0658. The van der Waals surface area contributed by atoms with Crippen LogP contribution < -0.4 is 32.3 Å². The molecule has 1 aromatic carbocycles. The summed E-state index contributed by atoms with van der Waals surface area (Å²) in [6.45, 7) is 29.1. The normalized spacial score (nSPS) is 18.4. The highest BCUT2D eigenvalue weighted by molar-refractivity contribution is 9.09. The minimum Gasteiger partial charge on any atom is -0.444 e. The van der Waals surface area contributed by atoms with Crippen molar-refractivity contribution in [3.8, 4) is 0 Å². The Balaban J connectivity index is 0.000000296. The van der Waals surface area contributed by atoms with Gasteiger partial charge in [-0.3, -0.25) is 9.59 Å². The maximum atomic E-state index is 13.7. The molecule has 0 saturated carbocycles. The zero-order valence-corrected chi connectivity index (χ0v) is 51.9. The number of ether oxygens (including phenoxy) is 6. The number of aryl methyl sites for hydroxylation is 1. The number of halogens is 2. The molecule has 2 aromatic rings. The predicted molar refractivity (Wildman–Crippen MR) is 319 cm³/mol. The van der Waals surface area contributed by atoms with Crippen molar-refractivity contribution in [2.24, 2.45) is 5.73 Å². The fourth-order valence-corrected chi connectivity index (χ4v) is 9.72. The number of benzene rings is 1. The SMILES string of the molecule is CC(C)(C)OC(=O)NC1CCNCC1.COCCBr.COCCN1CCC(N)CC1.COCCN1CCC(NC(=O)OC(C)(C)C)CC1.COCCN1CCC(NC(=O)c2c(C)[nH]c(/C=C3\C(=O)Nc4ccc(F)cc43)c2C)CC1. The summed E-state index contributed by atoms with van der Waals surface area (Å²) >= 11 is 3.18. The number of alkyl carbamates (subject to hydrolysis) is 2. The third-order valence-electron chi connectivity index (χ3n) is 13.8. The number of aromatic amines is 1. The van der Waals surface area contributed by atoms with Crippen LogP contribution in [0.1, 0.15) is 126 Å². The van der Waals surface area contributed by atoms with Gasteiger partial charge in [-0.15, -0.1) is 0 Å². The smallest absolute Gasteiger partial charge is 0.407 e. The topological polar surface area (TPSA) is 235 Å². The first-order valence-corrected chi connectivity index (χ1v) is 29.6. The van der Waals surface area contributed by atoms with Gasteiger partial charge in [0.15, 0.2) is 0 Å². The van der Waals surface area contributed by atoms with Crippen LogP contribution in [0.5, 0.6) is 0 Å². The number of hydrogen-bond donors (Lipinski definition) is 7. The first-order chi connectivity index (χ1) is 38.0. The molecule has 8 N–H and O–H groups in total. The number of aromatic nitrogens is 1. The van der Waals surface area contributed by atoms with Crippen molar-refractivity contribution >= 4 is 57.3 Å². The number of H-pyrrole nitrogens is 1. The van der Waals surface area contributed by atoms with E-state index in [0.717, 1.165) is 160 Å². The van der Waals surface area contributed by atoms with Crippen LogP contribution >= 0.6 is 15.9 Å². The summed E-state index contributed by atoms with van der Waals surface area (Å²) in [4.78, 5) is 58.8. The Labute approximate surface area is 485 Å². The maximum absolute atomic E-state index is 13.7. The van der Waals surface area contributed by atoms with Crippen LogP contribution in [0.15, 0.2) is 18.2 Å². The van der Waals surface area contributed by atoms with E-state index < -0.39 is 17.0 Å². The second-order valence-electron chi connectivity index (χ2n) is 22.7. The van der Waals surface area contributed by atoms with Crippen molar-refractivity contribution in [2.75, 3.05) is 138 Å². The zero-order chi connectivity index (χ0) is 59.3. The van der Waals surface area contributed by atoms with Gasteiger partial charge in [0.25, 0.3) is 11.8 Å². The van der Waals surface area contributed by atoms with E-state index in [1.807, 2.05) is 55.4 Å². The highest BCUT2D eigenvalue weighted by Gasteiger charge is 2.29.